The van der Waals surface area contributed by atoms with Gasteiger partial charge in [-0.05, 0) is 31.2 Å². The Labute approximate surface area is 151 Å². The van der Waals surface area contributed by atoms with Gasteiger partial charge in [0.25, 0.3) is 11.9 Å². The molecule has 2 aromatic rings. The maximum Gasteiger partial charge on any atom is 0.360 e. The molecule has 1 aromatic heterocycles. The van der Waals surface area contributed by atoms with Crippen LogP contribution in [0.5, 0.6) is 5.75 Å². The summed E-state index contributed by atoms with van der Waals surface area (Å²) in [4.78, 5) is 32.1. The molecule has 3 rings (SSSR count). The Hall–Kier alpha value is -3.03. The summed E-state index contributed by atoms with van der Waals surface area (Å²) in [6, 6.07) is 7.42. The number of oxazole rings is 1. The third-order valence-electron chi connectivity index (χ3n) is 4.15. The van der Waals surface area contributed by atoms with E-state index in [2.05, 4.69) is 4.98 Å². The Morgan fingerprint density at radius 3 is 2.46 bits per heavy atom. The van der Waals surface area contributed by atoms with E-state index in [0.717, 1.165) is 0 Å². The lowest BCUT2D eigenvalue weighted by atomic mass is 10.1. The molecule has 0 atom stereocenters. The van der Waals surface area contributed by atoms with E-state index in [1.54, 1.807) is 43.2 Å². The number of nitrogens with zero attached hydrogens (tertiary/aromatic N) is 3. The monoisotopic (exact) mass is 359 g/mol. The lowest BCUT2D eigenvalue weighted by molar-refractivity contribution is 0.0519. The molecule has 26 heavy (non-hydrogen) atoms. The van der Waals surface area contributed by atoms with Crippen molar-refractivity contribution in [3.63, 3.8) is 0 Å². The van der Waals surface area contributed by atoms with Crippen molar-refractivity contribution >= 4 is 17.9 Å². The summed E-state index contributed by atoms with van der Waals surface area (Å²) in [5.41, 5.74) is 0.776. The van der Waals surface area contributed by atoms with Crippen LogP contribution >= 0.6 is 0 Å². The normalized spacial score (nSPS) is 14.2. The Balaban J connectivity index is 1.58. The molecular weight excluding hydrogens is 338 g/mol. The summed E-state index contributed by atoms with van der Waals surface area (Å²) in [5.74, 6) is 0.190. The van der Waals surface area contributed by atoms with E-state index in [1.165, 1.54) is 6.26 Å². The van der Waals surface area contributed by atoms with E-state index in [9.17, 15) is 9.59 Å². The van der Waals surface area contributed by atoms with Gasteiger partial charge < -0.3 is 23.7 Å². The lowest BCUT2D eigenvalue weighted by Gasteiger charge is -2.33. The largest absolute Gasteiger partial charge is 0.497 e. The van der Waals surface area contributed by atoms with Gasteiger partial charge in [0.15, 0.2) is 5.69 Å². The van der Waals surface area contributed by atoms with Crippen molar-refractivity contribution in [1.29, 1.82) is 0 Å². The third-order valence-corrected chi connectivity index (χ3v) is 4.15. The highest BCUT2D eigenvalue weighted by molar-refractivity contribution is 5.94. The SMILES string of the molecule is CCOC(=O)c1coc(N2CCN(C(=O)c3ccc(OC)cc3)CC2)n1. The average molecular weight is 359 g/mol. The van der Waals surface area contributed by atoms with Crippen LogP contribution in [0.4, 0.5) is 6.01 Å². The number of rotatable bonds is 5. The predicted octanol–water partition coefficient (Wildman–Crippen LogP) is 1.82. The van der Waals surface area contributed by atoms with E-state index < -0.39 is 5.97 Å². The first-order valence-electron chi connectivity index (χ1n) is 8.43. The van der Waals surface area contributed by atoms with Crippen LogP contribution in [0, 0.1) is 0 Å². The highest BCUT2D eigenvalue weighted by Gasteiger charge is 2.25. The molecule has 1 aliphatic rings. The van der Waals surface area contributed by atoms with E-state index in [4.69, 9.17) is 13.9 Å². The van der Waals surface area contributed by atoms with E-state index in [1.807, 2.05) is 4.90 Å². The summed E-state index contributed by atoms with van der Waals surface area (Å²) in [7, 11) is 1.59. The fraction of sp³-hybridized carbons (Fsp3) is 0.389. The molecule has 0 N–H and O–H groups in total. The zero-order valence-corrected chi connectivity index (χ0v) is 14.8. The second-order valence-corrected chi connectivity index (χ2v) is 5.74. The second-order valence-electron chi connectivity index (χ2n) is 5.74. The predicted molar refractivity (Wildman–Crippen MR) is 93.6 cm³/mol. The van der Waals surface area contributed by atoms with Gasteiger partial charge in [-0.3, -0.25) is 4.79 Å². The van der Waals surface area contributed by atoms with Gasteiger partial charge >= 0.3 is 5.97 Å². The zero-order valence-electron chi connectivity index (χ0n) is 14.8. The van der Waals surface area contributed by atoms with Gasteiger partial charge in [0.1, 0.15) is 12.0 Å². The standard InChI is InChI=1S/C18H21N3O5/c1-3-25-17(23)15-12-26-18(19-15)21-10-8-20(9-11-21)16(22)13-4-6-14(24-2)7-5-13/h4-7,12H,3,8-11H2,1-2H3. The minimum Gasteiger partial charge on any atom is -0.497 e. The Bertz CT molecular complexity index is 763. The third kappa shape index (κ3) is 3.79. The second kappa shape index (κ2) is 7.90. The number of hydrogen-bond acceptors (Lipinski definition) is 7. The Morgan fingerprint density at radius 2 is 1.85 bits per heavy atom. The first kappa shape index (κ1) is 17.8. The van der Waals surface area contributed by atoms with E-state index >= 15 is 0 Å². The van der Waals surface area contributed by atoms with Gasteiger partial charge in [-0.15, -0.1) is 0 Å². The first-order chi connectivity index (χ1) is 12.6. The molecule has 1 amide bonds. The molecule has 0 bridgehead atoms. The number of carbonyl (C=O) groups is 2. The molecule has 138 valence electrons. The Kier molecular flexibility index (Phi) is 5.40. The fourth-order valence-corrected chi connectivity index (χ4v) is 2.73. The molecule has 1 aliphatic heterocycles. The van der Waals surface area contributed by atoms with Gasteiger partial charge in [-0.25, -0.2) is 4.79 Å². The van der Waals surface area contributed by atoms with Gasteiger partial charge in [-0.1, -0.05) is 0 Å². The maximum atomic E-state index is 12.6. The van der Waals surface area contributed by atoms with Gasteiger partial charge in [0.05, 0.1) is 13.7 Å². The number of piperazine rings is 1. The van der Waals surface area contributed by atoms with Crippen LogP contribution < -0.4 is 9.64 Å². The minimum absolute atomic E-state index is 0.0214. The molecule has 0 spiro atoms. The summed E-state index contributed by atoms with van der Waals surface area (Å²) < 4.78 is 15.4. The number of hydrogen-bond donors (Lipinski definition) is 0. The van der Waals surface area contributed by atoms with Crippen molar-refractivity contribution < 1.29 is 23.5 Å². The number of amides is 1. The summed E-state index contributed by atoms with van der Waals surface area (Å²) in [6.07, 6.45) is 1.29. The minimum atomic E-state index is -0.504. The van der Waals surface area contributed by atoms with Crippen LogP contribution in [-0.2, 0) is 4.74 Å². The number of ether oxygens (including phenoxy) is 2. The molecule has 1 fully saturated rings. The van der Waals surface area contributed by atoms with Crippen LogP contribution in [0.15, 0.2) is 34.9 Å². The van der Waals surface area contributed by atoms with Crippen LogP contribution in [0.3, 0.4) is 0 Å². The van der Waals surface area contributed by atoms with E-state index in [-0.39, 0.29) is 18.2 Å². The lowest BCUT2D eigenvalue weighted by Crippen LogP contribution is -2.48. The maximum absolute atomic E-state index is 12.6. The molecule has 0 radical (unpaired) electrons. The summed E-state index contributed by atoms with van der Waals surface area (Å²) in [5, 5.41) is 0. The van der Waals surface area contributed by atoms with Crippen LogP contribution in [-0.4, -0.2) is 61.7 Å². The highest BCUT2D eigenvalue weighted by Crippen LogP contribution is 2.18. The fourth-order valence-electron chi connectivity index (χ4n) is 2.73. The zero-order chi connectivity index (χ0) is 18.5. The van der Waals surface area contributed by atoms with Gasteiger partial charge in [-0.2, -0.15) is 4.98 Å². The first-order valence-corrected chi connectivity index (χ1v) is 8.43. The highest BCUT2D eigenvalue weighted by atomic mass is 16.5. The van der Waals surface area contributed by atoms with Crippen molar-refractivity contribution in [3.8, 4) is 5.75 Å². The number of methoxy groups -OCH3 is 1. The summed E-state index contributed by atoms with van der Waals surface area (Å²) in [6.45, 7) is 4.25. The molecule has 0 saturated carbocycles. The topological polar surface area (TPSA) is 85.1 Å². The number of anilines is 1. The molecule has 8 nitrogen and oxygen atoms in total. The molecule has 8 heteroatoms. The molecule has 1 saturated heterocycles. The molecule has 1 aromatic carbocycles. The average Bonchev–Trinajstić information content (AvgIpc) is 3.18. The van der Waals surface area contributed by atoms with Crippen molar-refractivity contribution in [2.45, 2.75) is 6.92 Å². The number of aromatic nitrogens is 1. The molecule has 0 unspecified atom stereocenters. The van der Waals surface area contributed by atoms with Crippen molar-refractivity contribution in [3.05, 3.63) is 41.8 Å². The van der Waals surface area contributed by atoms with Crippen LogP contribution in [0.25, 0.3) is 0 Å². The van der Waals surface area contributed by atoms with Crippen molar-refractivity contribution in [2.24, 2.45) is 0 Å². The molecule has 0 aliphatic carbocycles. The van der Waals surface area contributed by atoms with Gasteiger partial charge in [0, 0.05) is 31.7 Å². The van der Waals surface area contributed by atoms with Crippen LogP contribution in [0.1, 0.15) is 27.8 Å². The summed E-state index contributed by atoms with van der Waals surface area (Å²) >= 11 is 0. The quantitative estimate of drug-likeness (QED) is 0.753. The smallest absolute Gasteiger partial charge is 0.360 e. The number of benzene rings is 1. The number of carbonyl (C=O) groups excluding carboxylic acids is 2. The number of esters is 1. The van der Waals surface area contributed by atoms with Crippen molar-refractivity contribution in [1.82, 2.24) is 9.88 Å². The van der Waals surface area contributed by atoms with Crippen LogP contribution in [0.2, 0.25) is 0 Å². The molecular formula is C18H21N3O5. The van der Waals surface area contributed by atoms with Crippen molar-refractivity contribution in [2.75, 3.05) is 44.8 Å². The van der Waals surface area contributed by atoms with E-state index in [0.29, 0.717) is 43.5 Å². The Morgan fingerprint density at radius 1 is 1.15 bits per heavy atom. The molecule has 2 heterocycles. The van der Waals surface area contributed by atoms with Gasteiger partial charge in [0.2, 0.25) is 0 Å².